The van der Waals surface area contributed by atoms with Crippen LogP contribution in [0.25, 0.3) is 11.0 Å². The summed E-state index contributed by atoms with van der Waals surface area (Å²) in [4.78, 5) is 31.1. The predicted octanol–water partition coefficient (Wildman–Crippen LogP) is 2.40. The number of carboxylic acid groups (broad SMARTS) is 1. The van der Waals surface area contributed by atoms with E-state index in [1.807, 2.05) is 12.1 Å². The standard InChI is InChI=1S/C17H19N3O4/c21-16(13-6-7-14(24-13)17(22)23)18-10-4-5-11-12(8-10)20-15(19-11)9-2-1-3-9/h4-5,8-9,13-14H,1-3,6-7H2,(H,18,21)(H,19,20)(H,22,23)/t13-,14+/m0/s1. The number of nitrogens with zero attached hydrogens (tertiary/aromatic N) is 1. The van der Waals surface area contributed by atoms with Crippen molar-refractivity contribution in [3.8, 4) is 0 Å². The normalized spacial score (nSPS) is 24.0. The number of ether oxygens (including phenoxy) is 1. The molecule has 1 amide bonds. The molecular weight excluding hydrogens is 310 g/mol. The molecule has 2 atom stereocenters. The van der Waals surface area contributed by atoms with Crippen molar-refractivity contribution in [2.75, 3.05) is 5.32 Å². The maximum atomic E-state index is 12.2. The Morgan fingerprint density at radius 3 is 2.67 bits per heavy atom. The molecule has 0 unspecified atom stereocenters. The fourth-order valence-electron chi connectivity index (χ4n) is 3.22. The summed E-state index contributed by atoms with van der Waals surface area (Å²) in [5.74, 6) is 0.211. The van der Waals surface area contributed by atoms with Gasteiger partial charge in [-0.1, -0.05) is 6.42 Å². The lowest BCUT2D eigenvalue weighted by molar-refractivity contribution is -0.150. The molecule has 0 bridgehead atoms. The van der Waals surface area contributed by atoms with Crippen LogP contribution in [-0.4, -0.2) is 39.2 Å². The van der Waals surface area contributed by atoms with Gasteiger partial charge in [0.15, 0.2) is 6.10 Å². The highest BCUT2D eigenvalue weighted by molar-refractivity contribution is 5.96. The number of nitrogens with one attached hydrogen (secondary N) is 2. The van der Waals surface area contributed by atoms with Gasteiger partial charge in [0.2, 0.25) is 0 Å². The number of hydrogen-bond donors (Lipinski definition) is 3. The second-order valence-electron chi connectivity index (χ2n) is 6.50. The zero-order chi connectivity index (χ0) is 16.7. The van der Waals surface area contributed by atoms with Crippen LogP contribution in [0.1, 0.15) is 43.8 Å². The number of carbonyl (C=O) groups excluding carboxylic acids is 1. The number of carboxylic acids is 1. The molecule has 7 heteroatoms. The van der Waals surface area contributed by atoms with Gasteiger partial charge in [0.25, 0.3) is 5.91 Å². The van der Waals surface area contributed by atoms with Crippen LogP contribution >= 0.6 is 0 Å². The molecular formula is C17H19N3O4. The fourth-order valence-corrected chi connectivity index (χ4v) is 3.22. The summed E-state index contributed by atoms with van der Waals surface area (Å²) in [5.41, 5.74) is 2.43. The number of aromatic nitrogens is 2. The molecule has 2 heterocycles. The highest BCUT2D eigenvalue weighted by atomic mass is 16.5. The summed E-state index contributed by atoms with van der Waals surface area (Å²) < 4.78 is 5.27. The molecule has 2 fully saturated rings. The number of amides is 1. The first-order valence-electron chi connectivity index (χ1n) is 8.29. The van der Waals surface area contributed by atoms with Crippen LogP contribution in [-0.2, 0) is 14.3 Å². The smallest absolute Gasteiger partial charge is 0.332 e. The van der Waals surface area contributed by atoms with Crippen molar-refractivity contribution in [1.82, 2.24) is 9.97 Å². The number of aromatic amines is 1. The zero-order valence-corrected chi connectivity index (χ0v) is 13.1. The van der Waals surface area contributed by atoms with Gasteiger partial charge in [-0.15, -0.1) is 0 Å². The predicted molar refractivity (Wildman–Crippen MR) is 86.8 cm³/mol. The number of anilines is 1. The third-order valence-electron chi connectivity index (χ3n) is 4.85. The van der Waals surface area contributed by atoms with Crippen LogP contribution in [0.5, 0.6) is 0 Å². The molecule has 1 aliphatic carbocycles. The molecule has 3 N–H and O–H groups in total. The third-order valence-corrected chi connectivity index (χ3v) is 4.85. The third kappa shape index (κ3) is 2.75. The second-order valence-corrected chi connectivity index (χ2v) is 6.50. The minimum absolute atomic E-state index is 0.308. The topological polar surface area (TPSA) is 104 Å². The van der Waals surface area contributed by atoms with Crippen molar-refractivity contribution in [2.24, 2.45) is 0 Å². The van der Waals surface area contributed by atoms with Gasteiger partial charge in [0.05, 0.1) is 11.0 Å². The molecule has 0 radical (unpaired) electrons. The van der Waals surface area contributed by atoms with E-state index in [1.165, 1.54) is 19.3 Å². The number of H-pyrrole nitrogens is 1. The average Bonchev–Trinajstić information content (AvgIpc) is 3.11. The van der Waals surface area contributed by atoms with Crippen molar-refractivity contribution in [1.29, 1.82) is 0 Å². The fraction of sp³-hybridized carbons (Fsp3) is 0.471. The first-order chi connectivity index (χ1) is 11.6. The highest BCUT2D eigenvalue weighted by Crippen LogP contribution is 2.35. The van der Waals surface area contributed by atoms with Crippen LogP contribution in [0.3, 0.4) is 0 Å². The molecule has 1 saturated carbocycles. The Morgan fingerprint density at radius 1 is 1.21 bits per heavy atom. The number of benzene rings is 1. The summed E-state index contributed by atoms with van der Waals surface area (Å²) in [6.45, 7) is 0. The monoisotopic (exact) mass is 329 g/mol. The number of carbonyl (C=O) groups is 2. The first kappa shape index (κ1) is 15.1. The Balaban J connectivity index is 1.46. The van der Waals surface area contributed by atoms with Crippen molar-refractivity contribution in [3.05, 3.63) is 24.0 Å². The molecule has 1 aliphatic heterocycles. The average molecular weight is 329 g/mol. The molecule has 126 valence electrons. The highest BCUT2D eigenvalue weighted by Gasteiger charge is 2.34. The van der Waals surface area contributed by atoms with Gasteiger partial charge in [-0.2, -0.15) is 0 Å². The van der Waals surface area contributed by atoms with E-state index in [4.69, 9.17) is 9.84 Å². The zero-order valence-electron chi connectivity index (χ0n) is 13.1. The summed E-state index contributed by atoms with van der Waals surface area (Å²) in [7, 11) is 0. The van der Waals surface area contributed by atoms with Crippen LogP contribution < -0.4 is 5.32 Å². The Hall–Kier alpha value is -2.41. The Kier molecular flexibility index (Phi) is 3.72. The minimum Gasteiger partial charge on any atom is -0.479 e. The molecule has 2 aliphatic rings. The Labute approximate surface area is 138 Å². The minimum atomic E-state index is -1.02. The maximum absolute atomic E-state index is 12.2. The first-order valence-corrected chi connectivity index (χ1v) is 8.29. The van der Waals surface area contributed by atoms with Gasteiger partial charge in [-0.25, -0.2) is 9.78 Å². The molecule has 7 nitrogen and oxygen atoms in total. The van der Waals surface area contributed by atoms with E-state index in [1.54, 1.807) is 6.07 Å². The molecule has 1 aromatic heterocycles. The Morgan fingerprint density at radius 2 is 2.00 bits per heavy atom. The van der Waals surface area contributed by atoms with Crippen molar-refractivity contribution >= 4 is 28.6 Å². The molecule has 24 heavy (non-hydrogen) atoms. The van der Waals surface area contributed by atoms with E-state index in [9.17, 15) is 9.59 Å². The van der Waals surface area contributed by atoms with Crippen LogP contribution in [0.4, 0.5) is 5.69 Å². The number of hydrogen-bond acceptors (Lipinski definition) is 4. The number of aliphatic carboxylic acids is 1. The van der Waals surface area contributed by atoms with Crippen LogP contribution in [0, 0.1) is 0 Å². The van der Waals surface area contributed by atoms with Crippen LogP contribution in [0.15, 0.2) is 18.2 Å². The second kappa shape index (κ2) is 5.90. The summed E-state index contributed by atoms with van der Waals surface area (Å²) in [6, 6.07) is 5.53. The van der Waals surface area contributed by atoms with Crippen molar-refractivity contribution in [3.63, 3.8) is 0 Å². The lowest BCUT2D eigenvalue weighted by Crippen LogP contribution is -2.29. The van der Waals surface area contributed by atoms with Gasteiger partial charge in [0, 0.05) is 11.6 Å². The van der Waals surface area contributed by atoms with Crippen molar-refractivity contribution in [2.45, 2.75) is 50.2 Å². The van der Waals surface area contributed by atoms with E-state index in [2.05, 4.69) is 15.3 Å². The van der Waals surface area contributed by atoms with E-state index in [-0.39, 0.29) is 5.91 Å². The SMILES string of the molecule is O=C(Nc1ccc2nc(C3CCC3)[nH]c2c1)[C@@H]1CC[C@H](C(=O)O)O1. The Bertz CT molecular complexity index is 796. The molecule has 0 spiro atoms. The molecule has 4 rings (SSSR count). The van der Waals surface area contributed by atoms with Gasteiger partial charge >= 0.3 is 5.97 Å². The maximum Gasteiger partial charge on any atom is 0.332 e. The largest absolute Gasteiger partial charge is 0.479 e. The molecule has 1 aromatic carbocycles. The van der Waals surface area contributed by atoms with Gasteiger partial charge in [-0.05, 0) is 43.9 Å². The van der Waals surface area contributed by atoms with E-state index in [0.717, 1.165) is 16.9 Å². The quantitative estimate of drug-likeness (QED) is 0.799. The van der Waals surface area contributed by atoms with Crippen LogP contribution in [0.2, 0.25) is 0 Å². The molecule has 1 saturated heterocycles. The van der Waals surface area contributed by atoms with Gasteiger partial charge < -0.3 is 20.1 Å². The number of imidazole rings is 1. The lowest BCUT2D eigenvalue weighted by Gasteiger charge is -2.22. The van der Waals surface area contributed by atoms with Crippen molar-refractivity contribution < 1.29 is 19.4 Å². The summed E-state index contributed by atoms with van der Waals surface area (Å²) in [6.07, 6.45) is 2.77. The molecule has 2 aromatic rings. The van der Waals surface area contributed by atoms with E-state index >= 15 is 0 Å². The van der Waals surface area contributed by atoms with E-state index < -0.39 is 18.2 Å². The summed E-state index contributed by atoms with van der Waals surface area (Å²) >= 11 is 0. The van der Waals surface area contributed by atoms with Gasteiger partial charge in [-0.3, -0.25) is 4.79 Å². The number of fused-ring (bicyclic) bond motifs is 1. The van der Waals surface area contributed by atoms with E-state index in [0.29, 0.717) is 24.4 Å². The van der Waals surface area contributed by atoms with Gasteiger partial charge in [0.1, 0.15) is 11.9 Å². The number of rotatable bonds is 4. The lowest BCUT2D eigenvalue weighted by atomic mass is 9.85. The summed E-state index contributed by atoms with van der Waals surface area (Å²) in [5, 5.41) is 11.7.